The van der Waals surface area contributed by atoms with Crippen molar-refractivity contribution < 1.29 is 14.6 Å². The van der Waals surface area contributed by atoms with Gasteiger partial charge in [-0.05, 0) is 39.0 Å². The first-order valence-corrected chi connectivity index (χ1v) is 7.80. The molecule has 112 valence electrons. The summed E-state index contributed by atoms with van der Waals surface area (Å²) in [6.07, 6.45) is 2.80. The van der Waals surface area contributed by atoms with Crippen molar-refractivity contribution in [3.8, 4) is 0 Å². The number of ether oxygens (including phenoxy) is 1. The average Bonchev–Trinajstić information content (AvgIpc) is 3.20. The lowest BCUT2D eigenvalue weighted by Crippen LogP contribution is -2.37. The lowest BCUT2D eigenvalue weighted by molar-refractivity contribution is 0.0927. The third-order valence-electron chi connectivity index (χ3n) is 3.67. The normalized spacial score (nSPS) is 17.8. The zero-order valence-electron chi connectivity index (χ0n) is 12.2. The van der Waals surface area contributed by atoms with E-state index in [9.17, 15) is 4.79 Å². The molecule has 0 bridgehead atoms. The minimum Gasteiger partial charge on any atom is -0.396 e. The summed E-state index contributed by atoms with van der Waals surface area (Å²) >= 11 is 1.38. The molecule has 1 heterocycles. The number of aromatic nitrogens is 1. The predicted molar refractivity (Wildman–Crippen MR) is 78.0 cm³/mol. The van der Waals surface area contributed by atoms with Crippen molar-refractivity contribution >= 4 is 17.2 Å². The van der Waals surface area contributed by atoms with Crippen molar-refractivity contribution in [1.29, 1.82) is 0 Å². The molecule has 1 aromatic heterocycles. The standard InChI is InChI=1S/C14H22N2O3S/c1-8-12(20-14(15-8)9(2)19-3)13(18)16-11(6-7-17)10-4-5-10/h9-11,17H,4-7H2,1-3H3,(H,16,18). The Morgan fingerprint density at radius 3 is 2.85 bits per heavy atom. The number of nitrogens with zero attached hydrogens (tertiary/aromatic N) is 1. The Bertz CT molecular complexity index is 471. The number of methoxy groups -OCH3 is 1. The Morgan fingerprint density at radius 1 is 1.60 bits per heavy atom. The number of aliphatic hydroxyl groups is 1. The van der Waals surface area contributed by atoms with Crippen LogP contribution in [0.3, 0.4) is 0 Å². The topological polar surface area (TPSA) is 71.5 Å². The Morgan fingerprint density at radius 2 is 2.30 bits per heavy atom. The number of aliphatic hydroxyl groups excluding tert-OH is 1. The van der Waals surface area contributed by atoms with Gasteiger partial charge in [0.25, 0.3) is 5.91 Å². The third kappa shape index (κ3) is 3.56. The summed E-state index contributed by atoms with van der Waals surface area (Å²) in [5.41, 5.74) is 0.741. The van der Waals surface area contributed by atoms with E-state index in [4.69, 9.17) is 9.84 Å². The van der Waals surface area contributed by atoms with Crippen molar-refractivity contribution in [1.82, 2.24) is 10.3 Å². The van der Waals surface area contributed by atoms with Crippen LogP contribution in [-0.4, -0.2) is 35.8 Å². The fourth-order valence-corrected chi connectivity index (χ4v) is 3.20. The van der Waals surface area contributed by atoms with Crippen molar-refractivity contribution in [3.63, 3.8) is 0 Å². The Balaban J connectivity index is 2.06. The largest absolute Gasteiger partial charge is 0.396 e. The van der Waals surface area contributed by atoms with E-state index >= 15 is 0 Å². The van der Waals surface area contributed by atoms with Crippen molar-refractivity contribution in [2.45, 2.75) is 45.3 Å². The first kappa shape index (κ1) is 15.4. The summed E-state index contributed by atoms with van der Waals surface area (Å²) in [4.78, 5) is 17.4. The molecule has 1 aliphatic rings. The molecule has 1 fully saturated rings. The molecule has 0 radical (unpaired) electrons. The molecule has 0 aromatic carbocycles. The maximum atomic E-state index is 12.3. The van der Waals surface area contributed by atoms with E-state index in [0.29, 0.717) is 17.2 Å². The Labute approximate surface area is 123 Å². The van der Waals surface area contributed by atoms with Crippen molar-refractivity contribution in [3.05, 3.63) is 15.6 Å². The molecule has 2 atom stereocenters. The first-order valence-electron chi connectivity index (χ1n) is 6.98. The van der Waals surface area contributed by atoms with E-state index in [1.54, 1.807) is 7.11 Å². The van der Waals surface area contributed by atoms with E-state index in [1.165, 1.54) is 11.3 Å². The summed E-state index contributed by atoms with van der Waals surface area (Å²) < 4.78 is 5.24. The molecule has 2 N–H and O–H groups in total. The van der Waals surface area contributed by atoms with Gasteiger partial charge in [0.2, 0.25) is 0 Å². The Kier molecular flexibility index (Phi) is 5.12. The molecular weight excluding hydrogens is 276 g/mol. The highest BCUT2D eigenvalue weighted by molar-refractivity contribution is 7.13. The molecule has 2 unspecified atom stereocenters. The third-order valence-corrected chi connectivity index (χ3v) is 4.99. The van der Waals surface area contributed by atoms with Gasteiger partial charge in [-0.15, -0.1) is 11.3 Å². The SMILES string of the molecule is COC(C)c1nc(C)c(C(=O)NC(CCO)C2CC2)s1. The number of hydrogen-bond acceptors (Lipinski definition) is 5. The molecular formula is C14H22N2O3S. The van der Waals surface area contributed by atoms with Crippen LogP contribution in [0, 0.1) is 12.8 Å². The van der Waals surface area contributed by atoms with Gasteiger partial charge in [0, 0.05) is 19.8 Å². The molecule has 0 saturated heterocycles. The molecule has 1 aliphatic carbocycles. The van der Waals surface area contributed by atoms with Crippen LogP contribution in [-0.2, 0) is 4.74 Å². The van der Waals surface area contributed by atoms with Crippen LogP contribution in [0.2, 0.25) is 0 Å². The van der Waals surface area contributed by atoms with Crippen LogP contribution in [0.5, 0.6) is 0 Å². The monoisotopic (exact) mass is 298 g/mol. The number of hydrogen-bond donors (Lipinski definition) is 2. The van der Waals surface area contributed by atoms with E-state index in [-0.39, 0.29) is 24.7 Å². The van der Waals surface area contributed by atoms with Crippen LogP contribution in [0.4, 0.5) is 0 Å². The van der Waals surface area contributed by atoms with Gasteiger partial charge in [0.05, 0.1) is 5.69 Å². The Hall–Kier alpha value is -0.980. The van der Waals surface area contributed by atoms with Crippen molar-refractivity contribution in [2.75, 3.05) is 13.7 Å². The fraction of sp³-hybridized carbons (Fsp3) is 0.714. The lowest BCUT2D eigenvalue weighted by atomic mass is 10.1. The molecule has 2 rings (SSSR count). The second-order valence-corrected chi connectivity index (χ2v) is 6.30. The van der Waals surface area contributed by atoms with Gasteiger partial charge < -0.3 is 15.2 Å². The van der Waals surface area contributed by atoms with E-state index < -0.39 is 0 Å². The average molecular weight is 298 g/mol. The maximum Gasteiger partial charge on any atom is 0.263 e. The second kappa shape index (κ2) is 6.65. The van der Waals surface area contributed by atoms with Crippen LogP contribution < -0.4 is 5.32 Å². The number of carbonyl (C=O) groups is 1. The van der Waals surface area contributed by atoms with Crippen LogP contribution in [0.25, 0.3) is 0 Å². The number of aryl methyl sites for hydroxylation is 1. The van der Waals surface area contributed by atoms with Gasteiger partial charge in [-0.2, -0.15) is 0 Å². The maximum absolute atomic E-state index is 12.3. The molecule has 20 heavy (non-hydrogen) atoms. The first-order chi connectivity index (χ1) is 9.56. The molecule has 5 nitrogen and oxygen atoms in total. The predicted octanol–water partition coefficient (Wildman–Crippen LogP) is 2.05. The van der Waals surface area contributed by atoms with Gasteiger partial charge in [-0.25, -0.2) is 4.98 Å². The van der Waals surface area contributed by atoms with Crippen LogP contribution in [0.15, 0.2) is 0 Å². The molecule has 6 heteroatoms. The summed E-state index contributed by atoms with van der Waals surface area (Å²) in [6, 6.07) is 0.0808. The van der Waals surface area contributed by atoms with Gasteiger partial charge in [0.1, 0.15) is 16.0 Å². The van der Waals surface area contributed by atoms with E-state index in [1.807, 2.05) is 13.8 Å². The molecule has 1 saturated carbocycles. The van der Waals surface area contributed by atoms with Gasteiger partial charge in [-0.1, -0.05) is 0 Å². The summed E-state index contributed by atoms with van der Waals surface area (Å²) in [5.74, 6) is 0.441. The molecule has 1 aromatic rings. The zero-order chi connectivity index (χ0) is 14.7. The quantitative estimate of drug-likeness (QED) is 0.808. The highest BCUT2D eigenvalue weighted by atomic mass is 32.1. The van der Waals surface area contributed by atoms with Gasteiger partial charge in [0.15, 0.2) is 0 Å². The number of carbonyl (C=O) groups excluding carboxylic acids is 1. The smallest absolute Gasteiger partial charge is 0.263 e. The van der Waals surface area contributed by atoms with Crippen molar-refractivity contribution in [2.24, 2.45) is 5.92 Å². The highest BCUT2D eigenvalue weighted by Crippen LogP contribution is 2.34. The lowest BCUT2D eigenvalue weighted by Gasteiger charge is -2.16. The van der Waals surface area contributed by atoms with E-state index in [2.05, 4.69) is 10.3 Å². The molecule has 0 aliphatic heterocycles. The van der Waals surface area contributed by atoms with Crippen LogP contribution >= 0.6 is 11.3 Å². The second-order valence-electron chi connectivity index (χ2n) is 5.27. The summed E-state index contributed by atoms with van der Waals surface area (Å²) in [7, 11) is 1.63. The number of amides is 1. The van der Waals surface area contributed by atoms with Gasteiger partial charge in [-0.3, -0.25) is 4.79 Å². The minimum absolute atomic E-state index is 0.0808. The molecule has 1 amide bonds. The minimum atomic E-state index is -0.100. The molecule has 0 spiro atoms. The summed E-state index contributed by atoms with van der Waals surface area (Å²) in [5, 5.41) is 12.9. The highest BCUT2D eigenvalue weighted by Gasteiger charge is 2.32. The zero-order valence-corrected chi connectivity index (χ0v) is 13.0. The fourth-order valence-electron chi connectivity index (χ4n) is 2.20. The number of rotatable bonds is 7. The summed E-state index contributed by atoms with van der Waals surface area (Å²) in [6.45, 7) is 3.86. The van der Waals surface area contributed by atoms with E-state index in [0.717, 1.165) is 23.5 Å². The van der Waals surface area contributed by atoms with Gasteiger partial charge >= 0.3 is 0 Å². The van der Waals surface area contributed by atoms with Crippen LogP contribution in [0.1, 0.15) is 52.7 Å². The number of thiazole rings is 1. The number of nitrogens with one attached hydrogen (secondary N) is 1.